The lowest BCUT2D eigenvalue weighted by molar-refractivity contribution is -0.123. The molecule has 0 aliphatic carbocycles. The molecule has 1 aliphatic heterocycles. The summed E-state index contributed by atoms with van der Waals surface area (Å²) in [7, 11) is 2.15. The quantitative estimate of drug-likeness (QED) is 0.821. The minimum absolute atomic E-state index is 0.0403. The number of piperidine rings is 1. The van der Waals surface area contributed by atoms with Crippen molar-refractivity contribution >= 4 is 5.91 Å². The highest BCUT2D eigenvalue weighted by Crippen LogP contribution is 2.18. The van der Waals surface area contributed by atoms with Crippen LogP contribution in [0.5, 0.6) is 0 Å². The first kappa shape index (κ1) is 18.5. The molecule has 1 saturated heterocycles. The van der Waals surface area contributed by atoms with Gasteiger partial charge in [-0.1, -0.05) is 12.1 Å². The van der Waals surface area contributed by atoms with Crippen molar-refractivity contribution in [2.75, 3.05) is 26.7 Å². The molecule has 3 heterocycles. The highest BCUT2D eigenvalue weighted by Gasteiger charge is 2.25. The van der Waals surface area contributed by atoms with E-state index in [0.717, 1.165) is 43.7 Å². The molecular weight excluding hydrogens is 326 g/mol. The van der Waals surface area contributed by atoms with Crippen LogP contribution in [0.3, 0.4) is 0 Å². The number of pyridine rings is 2. The van der Waals surface area contributed by atoms with E-state index < -0.39 is 0 Å². The number of amides is 1. The van der Waals surface area contributed by atoms with Gasteiger partial charge in [0, 0.05) is 31.2 Å². The number of nitrogens with zero attached hydrogens (tertiary/aromatic N) is 4. The lowest BCUT2D eigenvalue weighted by Crippen LogP contribution is -2.47. The van der Waals surface area contributed by atoms with Gasteiger partial charge in [0.1, 0.15) is 0 Å². The highest BCUT2D eigenvalue weighted by molar-refractivity contribution is 5.78. The Kier molecular flexibility index (Phi) is 6.68. The van der Waals surface area contributed by atoms with Crippen molar-refractivity contribution in [2.24, 2.45) is 0 Å². The Bertz CT molecular complexity index is 671. The molecule has 0 saturated carbocycles. The van der Waals surface area contributed by atoms with E-state index in [2.05, 4.69) is 38.2 Å². The molecule has 1 amide bonds. The second kappa shape index (κ2) is 9.40. The summed E-state index contributed by atoms with van der Waals surface area (Å²) >= 11 is 0. The Labute approximate surface area is 155 Å². The fraction of sp³-hybridized carbons (Fsp3) is 0.450. The average Bonchev–Trinajstić information content (AvgIpc) is 2.68. The van der Waals surface area contributed by atoms with Crippen molar-refractivity contribution in [1.29, 1.82) is 0 Å². The van der Waals surface area contributed by atoms with E-state index in [0.29, 0.717) is 19.1 Å². The molecule has 0 aromatic carbocycles. The third kappa shape index (κ3) is 5.61. The molecule has 2 aromatic rings. The fourth-order valence-electron chi connectivity index (χ4n) is 3.33. The van der Waals surface area contributed by atoms with Crippen molar-refractivity contribution in [3.63, 3.8) is 0 Å². The van der Waals surface area contributed by atoms with Gasteiger partial charge in [-0.25, -0.2) is 0 Å². The van der Waals surface area contributed by atoms with Gasteiger partial charge in [-0.2, -0.15) is 0 Å². The van der Waals surface area contributed by atoms with E-state index in [1.54, 1.807) is 12.4 Å². The molecule has 1 fully saturated rings. The standard InChI is InChI=1S/C20H27N5O/c1-24-11-7-19(8-12-24)25(15-17-5-4-9-21-13-17)16-20(26)23-14-18-6-2-3-10-22-18/h2-6,9-10,13,19H,7-8,11-12,14-16H2,1H3,(H,23,26). The van der Waals surface area contributed by atoms with Crippen LogP contribution in [0, 0.1) is 0 Å². The number of likely N-dealkylation sites (tertiary alicyclic amines) is 1. The Morgan fingerprint density at radius 3 is 2.77 bits per heavy atom. The van der Waals surface area contributed by atoms with Gasteiger partial charge in [0.05, 0.1) is 18.8 Å². The van der Waals surface area contributed by atoms with Crippen molar-refractivity contribution in [3.8, 4) is 0 Å². The smallest absolute Gasteiger partial charge is 0.234 e. The van der Waals surface area contributed by atoms with Crippen LogP contribution in [-0.2, 0) is 17.9 Å². The van der Waals surface area contributed by atoms with Crippen LogP contribution in [0.1, 0.15) is 24.1 Å². The van der Waals surface area contributed by atoms with Gasteiger partial charge in [0.2, 0.25) is 5.91 Å². The molecule has 0 bridgehead atoms. The van der Waals surface area contributed by atoms with Crippen LogP contribution in [0.15, 0.2) is 48.9 Å². The summed E-state index contributed by atoms with van der Waals surface area (Å²) in [5.74, 6) is 0.0403. The van der Waals surface area contributed by atoms with Crippen LogP contribution < -0.4 is 5.32 Å². The summed E-state index contributed by atoms with van der Waals surface area (Å²) in [5.41, 5.74) is 2.02. The van der Waals surface area contributed by atoms with E-state index in [4.69, 9.17) is 0 Å². The van der Waals surface area contributed by atoms with Gasteiger partial charge >= 0.3 is 0 Å². The van der Waals surface area contributed by atoms with Gasteiger partial charge in [-0.05, 0) is 56.7 Å². The van der Waals surface area contributed by atoms with Gasteiger partial charge in [0.25, 0.3) is 0 Å². The van der Waals surface area contributed by atoms with Crippen molar-refractivity contribution in [1.82, 2.24) is 25.1 Å². The number of carbonyl (C=O) groups excluding carboxylic acids is 1. The average molecular weight is 353 g/mol. The Morgan fingerprint density at radius 1 is 1.23 bits per heavy atom. The second-order valence-corrected chi connectivity index (χ2v) is 6.90. The maximum Gasteiger partial charge on any atom is 0.234 e. The SMILES string of the molecule is CN1CCC(N(CC(=O)NCc2ccccn2)Cc2cccnc2)CC1. The van der Waals surface area contributed by atoms with Crippen molar-refractivity contribution in [2.45, 2.75) is 32.0 Å². The lowest BCUT2D eigenvalue weighted by Gasteiger charge is -2.37. The van der Waals surface area contributed by atoms with Crippen LogP contribution in [-0.4, -0.2) is 58.4 Å². The first-order chi connectivity index (χ1) is 12.7. The zero-order chi connectivity index (χ0) is 18.2. The first-order valence-corrected chi connectivity index (χ1v) is 9.19. The molecule has 0 spiro atoms. The molecule has 1 N–H and O–H groups in total. The third-order valence-electron chi connectivity index (χ3n) is 4.85. The Morgan fingerprint density at radius 2 is 2.08 bits per heavy atom. The van der Waals surface area contributed by atoms with Crippen LogP contribution >= 0.6 is 0 Å². The molecule has 0 atom stereocenters. The molecular formula is C20H27N5O. The summed E-state index contributed by atoms with van der Waals surface area (Å²) in [6.45, 7) is 3.76. The van der Waals surface area contributed by atoms with Crippen molar-refractivity contribution < 1.29 is 4.79 Å². The monoisotopic (exact) mass is 353 g/mol. The van der Waals surface area contributed by atoms with Gasteiger partial charge in [-0.15, -0.1) is 0 Å². The van der Waals surface area contributed by atoms with E-state index in [1.807, 2.05) is 30.5 Å². The molecule has 3 rings (SSSR count). The topological polar surface area (TPSA) is 61.4 Å². The summed E-state index contributed by atoms with van der Waals surface area (Å²) in [6.07, 6.45) is 7.58. The van der Waals surface area contributed by atoms with E-state index in [1.165, 1.54) is 0 Å². The predicted octanol–water partition coefficient (Wildman–Crippen LogP) is 1.69. The van der Waals surface area contributed by atoms with Gasteiger partial charge in [0.15, 0.2) is 0 Å². The molecule has 6 heteroatoms. The van der Waals surface area contributed by atoms with E-state index >= 15 is 0 Å². The van der Waals surface area contributed by atoms with Gasteiger partial charge < -0.3 is 10.2 Å². The van der Waals surface area contributed by atoms with Crippen LogP contribution in [0.2, 0.25) is 0 Å². The van der Waals surface area contributed by atoms with E-state index in [-0.39, 0.29) is 5.91 Å². The summed E-state index contributed by atoms with van der Waals surface area (Å²) in [6, 6.07) is 10.2. The molecule has 1 aliphatic rings. The second-order valence-electron chi connectivity index (χ2n) is 6.90. The normalized spacial score (nSPS) is 15.9. The number of hydrogen-bond donors (Lipinski definition) is 1. The number of aromatic nitrogens is 2. The number of hydrogen-bond acceptors (Lipinski definition) is 5. The maximum atomic E-state index is 12.5. The Balaban J connectivity index is 1.59. The van der Waals surface area contributed by atoms with E-state index in [9.17, 15) is 4.79 Å². The van der Waals surface area contributed by atoms with Gasteiger partial charge in [-0.3, -0.25) is 19.7 Å². The summed E-state index contributed by atoms with van der Waals surface area (Å²) in [5, 5.41) is 2.99. The zero-order valence-electron chi connectivity index (χ0n) is 15.3. The minimum atomic E-state index is 0.0403. The van der Waals surface area contributed by atoms with Crippen LogP contribution in [0.4, 0.5) is 0 Å². The number of nitrogens with one attached hydrogen (secondary N) is 1. The highest BCUT2D eigenvalue weighted by atomic mass is 16.2. The zero-order valence-corrected chi connectivity index (χ0v) is 15.3. The molecule has 2 aromatic heterocycles. The first-order valence-electron chi connectivity index (χ1n) is 9.19. The summed E-state index contributed by atoms with van der Waals surface area (Å²) < 4.78 is 0. The minimum Gasteiger partial charge on any atom is -0.349 e. The molecule has 138 valence electrons. The van der Waals surface area contributed by atoms with Crippen molar-refractivity contribution in [3.05, 3.63) is 60.2 Å². The predicted molar refractivity (Wildman–Crippen MR) is 101 cm³/mol. The maximum absolute atomic E-state index is 12.5. The van der Waals surface area contributed by atoms with Crippen LogP contribution in [0.25, 0.3) is 0 Å². The third-order valence-corrected chi connectivity index (χ3v) is 4.85. The molecule has 0 radical (unpaired) electrons. The Hall–Kier alpha value is -2.31. The summed E-state index contributed by atoms with van der Waals surface area (Å²) in [4.78, 5) is 25.6. The molecule has 26 heavy (non-hydrogen) atoms. The fourth-order valence-corrected chi connectivity index (χ4v) is 3.33. The lowest BCUT2D eigenvalue weighted by atomic mass is 10.0. The molecule has 6 nitrogen and oxygen atoms in total. The number of carbonyl (C=O) groups is 1. The number of rotatable bonds is 7. The molecule has 0 unspecified atom stereocenters. The largest absolute Gasteiger partial charge is 0.349 e.